The first kappa shape index (κ1) is 20.3. The Bertz CT molecular complexity index is 1120. The second-order valence-corrected chi connectivity index (χ2v) is 8.25. The van der Waals surface area contributed by atoms with Gasteiger partial charge in [0.1, 0.15) is 24.5 Å². The van der Waals surface area contributed by atoms with E-state index in [9.17, 15) is 19.5 Å². The zero-order valence-electron chi connectivity index (χ0n) is 17.5. The summed E-state index contributed by atoms with van der Waals surface area (Å²) in [6.07, 6.45) is 0. The van der Waals surface area contributed by atoms with Gasteiger partial charge in [-0.3, -0.25) is 19.7 Å². The molecule has 9 nitrogen and oxygen atoms in total. The van der Waals surface area contributed by atoms with E-state index < -0.39 is 41.2 Å². The molecule has 2 N–H and O–H groups in total. The van der Waals surface area contributed by atoms with Crippen molar-refractivity contribution in [1.82, 2.24) is 5.32 Å². The first-order valence-electron chi connectivity index (χ1n) is 10.3. The minimum absolute atomic E-state index is 0.0748. The normalized spacial score (nSPS) is 28.6. The van der Waals surface area contributed by atoms with Gasteiger partial charge in [-0.25, -0.2) is 4.90 Å². The Morgan fingerprint density at radius 1 is 1.09 bits per heavy atom. The molecule has 2 fully saturated rings. The minimum Gasteiger partial charge on any atom is -0.508 e. The van der Waals surface area contributed by atoms with Crippen LogP contribution in [0, 0.1) is 11.8 Å². The Balaban J connectivity index is 1.58. The number of carbonyl (C=O) groups excluding carboxylic acids is 3. The Hall–Kier alpha value is -3.59. The number of rotatable bonds is 3. The number of nitrogens with zero attached hydrogens (tertiary/aromatic N) is 1. The molecule has 2 aromatic rings. The van der Waals surface area contributed by atoms with E-state index >= 15 is 0 Å². The summed E-state index contributed by atoms with van der Waals surface area (Å²) in [7, 11) is 1.25. The predicted octanol–water partition coefficient (Wildman–Crippen LogP) is 1.55. The number of imide groups is 1. The molecule has 0 radical (unpaired) electrons. The Kier molecular flexibility index (Phi) is 4.59. The molecule has 0 spiro atoms. The third-order valence-corrected chi connectivity index (χ3v) is 6.43. The number of fused-ring (bicyclic) bond motifs is 2. The highest BCUT2D eigenvalue weighted by atomic mass is 16.6. The van der Waals surface area contributed by atoms with Gasteiger partial charge >= 0.3 is 5.97 Å². The monoisotopic (exact) mass is 438 g/mol. The number of ether oxygens (including phenoxy) is 3. The second-order valence-electron chi connectivity index (χ2n) is 8.25. The van der Waals surface area contributed by atoms with Gasteiger partial charge in [0.25, 0.3) is 0 Å². The molecular formula is C23H22N2O7. The lowest BCUT2D eigenvalue weighted by Crippen LogP contribution is -2.54. The third-order valence-electron chi connectivity index (χ3n) is 6.43. The van der Waals surface area contributed by atoms with E-state index in [2.05, 4.69) is 5.32 Å². The topological polar surface area (TPSA) is 114 Å². The highest BCUT2D eigenvalue weighted by molar-refractivity contribution is 6.24. The molecule has 4 atom stereocenters. The zero-order valence-corrected chi connectivity index (χ0v) is 17.5. The summed E-state index contributed by atoms with van der Waals surface area (Å²) in [5, 5.41) is 12.8. The van der Waals surface area contributed by atoms with Crippen LogP contribution in [0.1, 0.15) is 18.5 Å². The summed E-state index contributed by atoms with van der Waals surface area (Å²) in [5.41, 5.74) is -0.372. The van der Waals surface area contributed by atoms with Crippen molar-refractivity contribution in [3.05, 3.63) is 48.0 Å². The lowest BCUT2D eigenvalue weighted by atomic mass is 9.80. The van der Waals surface area contributed by atoms with Crippen molar-refractivity contribution >= 4 is 23.5 Å². The maximum absolute atomic E-state index is 13.6. The third kappa shape index (κ3) is 2.85. The van der Waals surface area contributed by atoms with Crippen LogP contribution in [-0.2, 0) is 19.1 Å². The van der Waals surface area contributed by atoms with Crippen LogP contribution in [0.15, 0.2) is 42.5 Å². The average molecular weight is 438 g/mol. The van der Waals surface area contributed by atoms with E-state index in [1.165, 1.54) is 19.2 Å². The van der Waals surface area contributed by atoms with Crippen molar-refractivity contribution in [3.63, 3.8) is 0 Å². The highest BCUT2D eigenvalue weighted by Crippen LogP contribution is 2.50. The van der Waals surface area contributed by atoms with Crippen LogP contribution < -0.4 is 19.7 Å². The van der Waals surface area contributed by atoms with Gasteiger partial charge in [0.15, 0.2) is 11.5 Å². The fraction of sp³-hybridized carbons (Fsp3) is 0.348. The number of benzene rings is 2. The summed E-state index contributed by atoms with van der Waals surface area (Å²) < 4.78 is 16.1. The number of hydrogen-bond acceptors (Lipinski definition) is 8. The van der Waals surface area contributed by atoms with E-state index in [1.807, 2.05) is 0 Å². The van der Waals surface area contributed by atoms with Crippen molar-refractivity contribution in [2.45, 2.75) is 18.5 Å². The van der Waals surface area contributed by atoms with Crippen LogP contribution in [0.25, 0.3) is 0 Å². The van der Waals surface area contributed by atoms with E-state index in [0.29, 0.717) is 36.0 Å². The summed E-state index contributed by atoms with van der Waals surface area (Å²) in [5.74, 6) is -2.26. The SMILES string of the molecule is COC(=O)[C@]1(C)N[C@H](c2ccc(O)cc2)[C@H]2C(=O)N(c3ccc4c(c3)OCCO4)C(=O)[C@H]21. The quantitative estimate of drug-likeness (QED) is 0.548. The molecule has 0 aliphatic carbocycles. The van der Waals surface area contributed by atoms with E-state index in [1.54, 1.807) is 37.3 Å². The van der Waals surface area contributed by atoms with Crippen LogP contribution >= 0.6 is 0 Å². The van der Waals surface area contributed by atoms with Gasteiger partial charge in [-0.2, -0.15) is 0 Å². The predicted molar refractivity (Wildman–Crippen MR) is 111 cm³/mol. The van der Waals surface area contributed by atoms with Crippen molar-refractivity contribution in [1.29, 1.82) is 0 Å². The van der Waals surface area contributed by atoms with Gasteiger partial charge in [-0.05, 0) is 36.8 Å². The number of anilines is 1. The molecule has 3 heterocycles. The summed E-state index contributed by atoms with van der Waals surface area (Å²) in [6, 6.07) is 10.6. The van der Waals surface area contributed by atoms with E-state index in [4.69, 9.17) is 14.2 Å². The number of aromatic hydroxyl groups is 1. The van der Waals surface area contributed by atoms with Gasteiger partial charge in [-0.1, -0.05) is 12.1 Å². The number of carbonyl (C=O) groups is 3. The van der Waals surface area contributed by atoms with Crippen LogP contribution in [-0.4, -0.2) is 48.8 Å². The number of phenols is 1. The molecule has 0 unspecified atom stereocenters. The van der Waals surface area contributed by atoms with Crippen molar-refractivity contribution in [2.24, 2.45) is 11.8 Å². The van der Waals surface area contributed by atoms with E-state index in [-0.39, 0.29) is 5.75 Å². The van der Waals surface area contributed by atoms with Crippen LogP contribution in [0.4, 0.5) is 5.69 Å². The molecule has 9 heteroatoms. The van der Waals surface area contributed by atoms with Crippen LogP contribution in [0.2, 0.25) is 0 Å². The first-order chi connectivity index (χ1) is 15.3. The maximum atomic E-state index is 13.6. The van der Waals surface area contributed by atoms with Gasteiger partial charge in [0.2, 0.25) is 11.8 Å². The van der Waals surface area contributed by atoms with Crippen molar-refractivity contribution in [3.8, 4) is 17.2 Å². The Morgan fingerprint density at radius 2 is 1.78 bits per heavy atom. The largest absolute Gasteiger partial charge is 0.508 e. The fourth-order valence-corrected chi connectivity index (χ4v) is 4.93. The number of hydrogen-bond donors (Lipinski definition) is 2. The molecule has 0 bridgehead atoms. The molecule has 3 aliphatic heterocycles. The van der Waals surface area contributed by atoms with Crippen molar-refractivity contribution < 1.29 is 33.7 Å². The minimum atomic E-state index is -1.41. The zero-order chi connectivity index (χ0) is 22.6. The summed E-state index contributed by atoms with van der Waals surface area (Å²) >= 11 is 0. The maximum Gasteiger partial charge on any atom is 0.326 e. The van der Waals surface area contributed by atoms with Crippen molar-refractivity contribution in [2.75, 3.05) is 25.2 Å². The molecule has 5 rings (SSSR count). The number of methoxy groups -OCH3 is 1. The first-order valence-corrected chi connectivity index (χ1v) is 10.3. The number of esters is 1. The highest BCUT2D eigenvalue weighted by Gasteiger charge is 2.67. The molecule has 0 aromatic heterocycles. The molecule has 32 heavy (non-hydrogen) atoms. The number of amides is 2. The molecule has 2 saturated heterocycles. The lowest BCUT2D eigenvalue weighted by molar-refractivity contribution is -0.151. The standard InChI is InChI=1S/C23H22N2O7/c1-23(22(29)30-2)18-17(19(24-23)12-3-6-14(26)7-4-12)20(27)25(21(18)28)13-5-8-15-16(11-13)32-10-9-31-15/h3-8,11,17-19,24,26H,9-10H2,1-2H3/t17-,18-,19+,23+/m0/s1. The van der Waals surface area contributed by atoms with E-state index in [0.717, 1.165) is 4.90 Å². The summed E-state index contributed by atoms with van der Waals surface area (Å²) in [4.78, 5) is 41.1. The number of nitrogens with one attached hydrogen (secondary N) is 1. The summed E-state index contributed by atoms with van der Waals surface area (Å²) in [6.45, 7) is 2.38. The Labute approximate surface area is 183 Å². The Morgan fingerprint density at radius 3 is 2.47 bits per heavy atom. The molecule has 2 aromatic carbocycles. The molecule has 2 amide bonds. The van der Waals surface area contributed by atoms with Gasteiger partial charge < -0.3 is 19.3 Å². The van der Waals surface area contributed by atoms with Gasteiger partial charge in [-0.15, -0.1) is 0 Å². The lowest BCUT2D eigenvalue weighted by Gasteiger charge is -2.29. The molecule has 166 valence electrons. The van der Waals surface area contributed by atoms with Gasteiger partial charge in [0.05, 0.1) is 24.6 Å². The van der Waals surface area contributed by atoms with Crippen LogP contribution in [0.3, 0.4) is 0 Å². The number of phenolic OH excluding ortho intramolecular Hbond substituents is 1. The van der Waals surface area contributed by atoms with Gasteiger partial charge in [0, 0.05) is 12.1 Å². The smallest absolute Gasteiger partial charge is 0.326 e. The fourth-order valence-electron chi connectivity index (χ4n) is 4.93. The second kappa shape index (κ2) is 7.23. The van der Waals surface area contributed by atoms with Crippen LogP contribution in [0.5, 0.6) is 17.2 Å². The molecular weight excluding hydrogens is 416 g/mol. The molecule has 3 aliphatic rings. The molecule has 0 saturated carbocycles. The average Bonchev–Trinajstić information content (AvgIpc) is 3.26.